The molecule has 0 aliphatic rings. The molecule has 0 radical (unpaired) electrons. The first-order valence-electron chi connectivity index (χ1n) is 7.69. The van der Waals surface area contributed by atoms with Crippen LogP contribution in [0.5, 0.6) is 5.75 Å². The molecule has 9 heteroatoms. The standard InChI is InChI=1S/C18H13BrN6O2/c1-27-15-3-2-10(4-11(15)8-25-9-12(19)7-23-25)16-13(5-20)17(22)24-18(26)14(16)6-21/h2-4,7,9H,8H2,1H3,(H3,22,24,26). The molecule has 0 bridgehead atoms. The fourth-order valence-corrected chi connectivity index (χ4v) is 3.12. The number of nitrogen functional groups attached to an aromatic ring is 1. The summed E-state index contributed by atoms with van der Waals surface area (Å²) in [6.45, 7) is 0.394. The highest BCUT2D eigenvalue weighted by Gasteiger charge is 2.19. The molecule has 3 N–H and O–H groups in total. The number of pyridine rings is 1. The molecule has 27 heavy (non-hydrogen) atoms. The first-order chi connectivity index (χ1) is 13.0. The zero-order valence-corrected chi connectivity index (χ0v) is 15.7. The molecular formula is C18H13BrN6O2. The van der Waals surface area contributed by atoms with E-state index in [9.17, 15) is 15.3 Å². The van der Waals surface area contributed by atoms with Gasteiger partial charge < -0.3 is 15.5 Å². The summed E-state index contributed by atoms with van der Waals surface area (Å²) in [5, 5.41) is 23.1. The lowest BCUT2D eigenvalue weighted by Crippen LogP contribution is -2.16. The number of methoxy groups -OCH3 is 1. The van der Waals surface area contributed by atoms with Crippen LogP contribution < -0.4 is 16.0 Å². The molecule has 0 aliphatic carbocycles. The summed E-state index contributed by atoms with van der Waals surface area (Å²) in [6.07, 6.45) is 3.47. The summed E-state index contributed by atoms with van der Waals surface area (Å²) >= 11 is 3.35. The molecule has 0 amide bonds. The highest BCUT2D eigenvalue weighted by molar-refractivity contribution is 9.10. The van der Waals surface area contributed by atoms with Crippen molar-refractivity contribution < 1.29 is 4.74 Å². The number of hydrogen-bond acceptors (Lipinski definition) is 6. The Hall–Kier alpha value is -3.56. The minimum Gasteiger partial charge on any atom is -0.496 e. The van der Waals surface area contributed by atoms with Gasteiger partial charge in [0.05, 0.1) is 24.3 Å². The molecule has 0 aliphatic heterocycles. The number of anilines is 1. The molecule has 0 unspecified atom stereocenters. The van der Waals surface area contributed by atoms with Crippen molar-refractivity contribution in [1.82, 2.24) is 14.8 Å². The van der Waals surface area contributed by atoms with Crippen molar-refractivity contribution in [2.75, 3.05) is 12.8 Å². The number of hydrogen-bond donors (Lipinski definition) is 2. The van der Waals surface area contributed by atoms with Gasteiger partial charge in [-0.05, 0) is 33.6 Å². The summed E-state index contributed by atoms with van der Waals surface area (Å²) < 4.78 is 7.93. The van der Waals surface area contributed by atoms with Crippen LogP contribution in [0.4, 0.5) is 5.82 Å². The number of aromatic nitrogens is 3. The van der Waals surface area contributed by atoms with E-state index in [0.29, 0.717) is 17.9 Å². The van der Waals surface area contributed by atoms with E-state index in [1.165, 1.54) is 0 Å². The van der Waals surface area contributed by atoms with E-state index in [1.54, 1.807) is 42.4 Å². The lowest BCUT2D eigenvalue weighted by atomic mass is 9.95. The maximum absolute atomic E-state index is 12.1. The summed E-state index contributed by atoms with van der Waals surface area (Å²) in [4.78, 5) is 14.5. The van der Waals surface area contributed by atoms with E-state index in [2.05, 4.69) is 26.0 Å². The number of rotatable bonds is 4. The monoisotopic (exact) mass is 424 g/mol. The number of ether oxygens (including phenoxy) is 1. The Morgan fingerprint density at radius 3 is 2.67 bits per heavy atom. The highest BCUT2D eigenvalue weighted by atomic mass is 79.9. The quantitative estimate of drug-likeness (QED) is 0.659. The number of halogens is 1. The topological polar surface area (TPSA) is 134 Å². The Bertz CT molecular complexity index is 1170. The van der Waals surface area contributed by atoms with Crippen molar-refractivity contribution in [3.05, 3.63) is 62.1 Å². The van der Waals surface area contributed by atoms with Gasteiger partial charge in [0.25, 0.3) is 5.56 Å². The fraction of sp³-hybridized carbons (Fsp3) is 0.111. The van der Waals surface area contributed by atoms with Crippen LogP contribution in [-0.4, -0.2) is 21.9 Å². The van der Waals surface area contributed by atoms with E-state index in [1.807, 2.05) is 12.1 Å². The van der Waals surface area contributed by atoms with Crippen LogP contribution in [0.3, 0.4) is 0 Å². The molecule has 0 saturated heterocycles. The molecule has 0 saturated carbocycles. The van der Waals surface area contributed by atoms with Gasteiger partial charge >= 0.3 is 0 Å². The van der Waals surface area contributed by atoms with Crippen LogP contribution in [0.1, 0.15) is 16.7 Å². The van der Waals surface area contributed by atoms with Gasteiger partial charge in [-0.25, -0.2) is 0 Å². The van der Waals surface area contributed by atoms with Gasteiger partial charge in [-0.3, -0.25) is 9.48 Å². The maximum atomic E-state index is 12.1. The molecule has 134 valence electrons. The van der Waals surface area contributed by atoms with Crippen molar-refractivity contribution in [3.63, 3.8) is 0 Å². The molecule has 0 atom stereocenters. The number of benzene rings is 1. The minimum absolute atomic E-state index is 0.0455. The van der Waals surface area contributed by atoms with E-state index in [4.69, 9.17) is 10.5 Å². The Kier molecular flexibility index (Phi) is 4.97. The molecule has 1 aromatic carbocycles. The molecule has 8 nitrogen and oxygen atoms in total. The second-order valence-electron chi connectivity index (χ2n) is 5.60. The molecule has 0 fully saturated rings. The average Bonchev–Trinajstić information content (AvgIpc) is 3.06. The van der Waals surface area contributed by atoms with Gasteiger partial charge in [-0.15, -0.1) is 0 Å². The lowest BCUT2D eigenvalue weighted by Gasteiger charge is -2.13. The van der Waals surface area contributed by atoms with E-state index in [-0.39, 0.29) is 22.5 Å². The predicted octanol–water partition coefficient (Wildman–Crippen LogP) is 2.38. The van der Waals surface area contributed by atoms with Crippen molar-refractivity contribution in [2.24, 2.45) is 0 Å². The third-order valence-electron chi connectivity index (χ3n) is 3.97. The van der Waals surface area contributed by atoms with Gasteiger partial charge in [0, 0.05) is 17.3 Å². The highest BCUT2D eigenvalue weighted by Crippen LogP contribution is 2.32. The average molecular weight is 425 g/mol. The molecule has 3 aromatic rings. The lowest BCUT2D eigenvalue weighted by molar-refractivity contribution is 0.407. The van der Waals surface area contributed by atoms with Crippen LogP contribution >= 0.6 is 15.9 Å². The second kappa shape index (κ2) is 7.36. The molecular weight excluding hydrogens is 412 g/mol. The van der Waals surface area contributed by atoms with E-state index >= 15 is 0 Å². The second-order valence-corrected chi connectivity index (χ2v) is 6.51. The number of nitriles is 2. The van der Waals surface area contributed by atoms with Crippen molar-refractivity contribution in [1.29, 1.82) is 10.5 Å². The van der Waals surface area contributed by atoms with Gasteiger partial charge in [0.2, 0.25) is 0 Å². The Morgan fingerprint density at radius 2 is 2.07 bits per heavy atom. The van der Waals surface area contributed by atoms with Crippen molar-refractivity contribution >= 4 is 21.7 Å². The zero-order chi connectivity index (χ0) is 19.6. The van der Waals surface area contributed by atoms with Gasteiger partial charge in [0.1, 0.15) is 34.8 Å². The summed E-state index contributed by atoms with van der Waals surface area (Å²) in [5.41, 5.74) is 6.50. The largest absolute Gasteiger partial charge is 0.496 e. The van der Waals surface area contributed by atoms with Crippen LogP contribution in [0.25, 0.3) is 11.1 Å². The van der Waals surface area contributed by atoms with Crippen LogP contribution in [-0.2, 0) is 6.54 Å². The SMILES string of the molecule is COc1ccc(-c2c(C#N)c(N)[nH]c(=O)c2C#N)cc1Cn1cc(Br)cn1. The number of nitrogens with two attached hydrogens (primary N) is 1. The van der Waals surface area contributed by atoms with Gasteiger partial charge in [0.15, 0.2) is 0 Å². The first kappa shape index (κ1) is 18.2. The Labute approximate surface area is 162 Å². The fourth-order valence-electron chi connectivity index (χ4n) is 2.79. The van der Waals surface area contributed by atoms with Crippen molar-refractivity contribution in [3.8, 4) is 29.0 Å². The predicted molar refractivity (Wildman–Crippen MR) is 102 cm³/mol. The van der Waals surface area contributed by atoms with Crippen LogP contribution in [0.15, 0.2) is 39.9 Å². The smallest absolute Gasteiger partial charge is 0.268 e. The zero-order valence-electron chi connectivity index (χ0n) is 14.2. The molecule has 2 aromatic heterocycles. The van der Waals surface area contributed by atoms with E-state index in [0.717, 1.165) is 10.0 Å². The van der Waals surface area contributed by atoms with Gasteiger partial charge in [-0.2, -0.15) is 15.6 Å². The number of aromatic amines is 1. The Balaban J connectivity index is 2.22. The minimum atomic E-state index is -0.641. The maximum Gasteiger partial charge on any atom is 0.268 e. The number of H-pyrrole nitrogens is 1. The molecule has 3 rings (SSSR count). The van der Waals surface area contributed by atoms with Crippen LogP contribution in [0, 0.1) is 22.7 Å². The van der Waals surface area contributed by atoms with Gasteiger partial charge in [-0.1, -0.05) is 6.07 Å². The van der Waals surface area contributed by atoms with E-state index < -0.39 is 5.56 Å². The van der Waals surface area contributed by atoms with Crippen LogP contribution in [0.2, 0.25) is 0 Å². The third kappa shape index (κ3) is 3.41. The number of nitrogens with one attached hydrogen (secondary N) is 1. The third-order valence-corrected chi connectivity index (χ3v) is 4.38. The van der Waals surface area contributed by atoms with Crippen molar-refractivity contribution in [2.45, 2.75) is 6.54 Å². The molecule has 2 heterocycles. The first-order valence-corrected chi connectivity index (χ1v) is 8.49. The summed E-state index contributed by atoms with van der Waals surface area (Å²) in [6, 6.07) is 8.97. The summed E-state index contributed by atoms with van der Waals surface area (Å²) in [5.74, 6) is 0.532. The molecule has 0 spiro atoms. The number of nitrogens with zero attached hydrogens (tertiary/aromatic N) is 4. The Morgan fingerprint density at radius 1 is 1.33 bits per heavy atom. The normalized spacial score (nSPS) is 10.2. The summed E-state index contributed by atoms with van der Waals surface area (Å²) in [7, 11) is 1.55.